The standard InChI is InChI=1S/C27H31ClN8O3/c1-15(31-23(37)20-21(29)33-36-12-7-11-30-22(20)36)17-14-16-8-6-9-18(28)27(16,5)25(38)35(17)13-10-19-32-24(39-34-19)26(2,3)4/h6-9,11-12,14-15,18H,10,13H2,1-5H3,(H2,29,33)(H,31,37)/t15-,18?,27?/m0/s1. The molecule has 12 heteroatoms. The molecule has 3 aromatic rings. The van der Waals surface area contributed by atoms with Crippen molar-refractivity contribution in [2.75, 3.05) is 12.3 Å². The van der Waals surface area contributed by atoms with Gasteiger partial charge in [-0.15, -0.1) is 16.7 Å². The quantitative estimate of drug-likeness (QED) is 0.445. The van der Waals surface area contributed by atoms with Gasteiger partial charge in [0.2, 0.25) is 11.8 Å². The van der Waals surface area contributed by atoms with E-state index in [9.17, 15) is 9.59 Å². The van der Waals surface area contributed by atoms with E-state index < -0.39 is 22.7 Å². The molecule has 2 aliphatic rings. The maximum atomic E-state index is 14.0. The number of hydrogen-bond donors (Lipinski definition) is 2. The molecule has 0 saturated heterocycles. The number of carbonyl (C=O) groups is 2. The number of fused-ring (bicyclic) bond motifs is 2. The lowest BCUT2D eigenvalue weighted by Gasteiger charge is -2.45. The number of alkyl halides is 1. The molecular formula is C27H31ClN8O3. The maximum absolute atomic E-state index is 14.0. The highest BCUT2D eigenvalue weighted by Crippen LogP contribution is 2.45. The minimum atomic E-state index is -0.964. The molecule has 39 heavy (non-hydrogen) atoms. The summed E-state index contributed by atoms with van der Waals surface area (Å²) in [7, 11) is 0. The van der Waals surface area contributed by atoms with Crippen molar-refractivity contribution < 1.29 is 14.1 Å². The predicted octanol–water partition coefficient (Wildman–Crippen LogP) is 3.19. The molecule has 3 atom stereocenters. The molecular weight excluding hydrogens is 520 g/mol. The van der Waals surface area contributed by atoms with Gasteiger partial charge >= 0.3 is 0 Å². The SMILES string of the molecule is C[C@H](NC(=O)c1c(N)nn2cccnc12)C1=CC2=CC=CC(Cl)C2(C)C(=O)N1CCc1noc(C(C)(C)C)n1. The van der Waals surface area contributed by atoms with Crippen LogP contribution in [0.3, 0.4) is 0 Å². The normalized spacial score (nSPS) is 21.9. The number of rotatable bonds is 6. The highest BCUT2D eigenvalue weighted by Gasteiger charge is 2.49. The Morgan fingerprint density at radius 1 is 1.36 bits per heavy atom. The first-order chi connectivity index (χ1) is 18.4. The van der Waals surface area contributed by atoms with Crippen molar-refractivity contribution in [1.29, 1.82) is 0 Å². The van der Waals surface area contributed by atoms with Gasteiger partial charge in [-0.25, -0.2) is 9.50 Å². The highest BCUT2D eigenvalue weighted by molar-refractivity contribution is 6.25. The average molecular weight is 551 g/mol. The van der Waals surface area contributed by atoms with E-state index in [0.717, 1.165) is 5.57 Å². The number of nitrogens with two attached hydrogens (primary N) is 1. The van der Waals surface area contributed by atoms with E-state index >= 15 is 0 Å². The zero-order valence-electron chi connectivity index (χ0n) is 22.5. The molecule has 5 rings (SSSR count). The number of amides is 2. The number of hydrogen-bond acceptors (Lipinski definition) is 8. The molecule has 0 fully saturated rings. The smallest absolute Gasteiger partial charge is 0.259 e. The van der Waals surface area contributed by atoms with Gasteiger partial charge in [0.1, 0.15) is 5.56 Å². The molecule has 11 nitrogen and oxygen atoms in total. The van der Waals surface area contributed by atoms with Gasteiger partial charge in [-0.05, 0) is 31.6 Å². The number of nitrogens with zero attached hydrogens (tertiary/aromatic N) is 6. The highest BCUT2D eigenvalue weighted by atomic mass is 35.5. The first-order valence-corrected chi connectivity index (χ1v) is 13.1. The Bertz CT molecular complexity index is 1550. The minimum absolute atomic E-state index is 0.0633. The molecule has 0 radical (unpaired) electrons. The van der Waals surface area contributed by atoms with Crippen LogP contribution >= 0.6 is 11.6 Å². The van der Waals surface area contributed by atoms with E-state index in [-0.39, 0.29) is 29.2 Å². The Hall–Kier alpha value is -3.99. The molecule has 4 heterocycles. The molecule has 0 spiro atoms. The number of nitrogen functional groups attached to an aromatic ring is 1. The first-order valence-electron chi connectivity index (χ1n) is 12.7. The molecule has 2 unspecified atom stereocenters. The summed E-state index contributed by atoms with van der Waals surface area (Å²) in [6.45, 7) is 9.88. The summed E-state index contributed by atoms with van der Waals surface area (Å²) >= 11 is 6.67. The Morgan fingerprint density at radius 2 is 2.13 bits per heavy atom. The van der Waals surface area contributed by atoms with Crippen LogP contribution in [0.25, 0.3) is 5.65 Å². The molecule has 3 N–H and O–H groups in total. The fourth-order valence-corrected chi connectivity index (χ4v) is 5.08. The molecule has 0 aromatic carbocycles. The topological polar surface area (TPSA) is 145 Å². The summed E-state index contributed by atoms with van der Waals surface area (Å²) in [6.07, 6.45) is 11.0. The second-order valence-electron chi connectivity index (χ2n) is 11.0. The van der Waals surface area contributed by atoms with Gasteiger partial charge < -0.3 is 20.5 Å². The third-order valence-electron chi connectivity index (χ3n) is 7.12. The maximum Gasteiger partial charge on any atom is 0.259 e. The number of halogens is 1. The van der Waals surface area contributed by atoms with Gasteiger partial charge in [0.05, 0.1) is 16.8 Å². The molecule has 3 aromatic heterocycles. The number of anilines is 1. The summed E-state index contributed by atoms with van der Waals surface area (Å²) < 4.78 is 6.88. The summed E-state index contributed by atoms with van der Waals surface area (Å²) in [5, 5.41) is 10.7. The first kappa shape index (κ1) is 26.6. The van der Waals surface area contributed by atoms with Gasteiger partial charge in [0.15, 0.2) is 17.3 Å². The van der Waals surface area contributed by atoms with Crippen LogP contribution in [0.5, 0.6) is 0 Å². The van der Waals surface area contributed by atoms with Crippen LogP contribution in [0, 0.1) is 5.41 Å². The Kier molecular flexibility index (Phi) is 6.58. The Balaban J connectivity index is 1.46. The van der Waals surface area contributed by atoms with Crippen molar-refractivity contribution in [3.8, 4) is 0 Å². The minimum Gasteiger partial charge on any atom is -0.381 e. The second-order valence-corrected chi connectivity index (χ2v) is 11.5. The largest absolute Gasteiger partial charge is 0.381 e. The summed E-state index contributed by atoms with van der Waals surface area (Å²) in [5.41, 5.74) is 6.69. The van der Waals surface area contributed by atoms with Crippen molar-refractivity contribution in [2.45, 2.75) is 57.9 Å². The van der Waals surface area contributed by atoms with Crippen LogP contribution < -0.4 is 11.1 Å². The van der Waals surface area contributed by atoms with E-state index in [4.69, 9.17) is 21.9 Å². The number of nitrogens with one attached hydrogen (secondary N) is 1. The van der Waals surface area contributed by atoms with E-state index in [1.54, 1.807) is 29.4 Å². The predicted molar refractivity (Wildman–Crippen MR) is 146 cm³/mol. The molecule has 2 amide bonds. The van der Waals surface area contributed by atoms with Crippen LogP contribution in [-0.4, -0.2) is 59.4 Å². The molecule has 204 valence electrons. The number of allylic oxidation sites excluding steroid dienone is 4. The Morgan fingerprint density at radius 3 is 2.85 bits per heavy atom. The monoisotopic (exact) mass is 550 g/mol. The second kappa shape index (κ2) is 9.64. The fraction of sp³-hybridized carbons (Fsp3) is 0.407. The van der Waals surface area contributed by atoms with Crippen LogP contribution in [0.2, 0.25) is 0 Å². The lowest BCUT2D eigenvalue weighted by atomic mass is 9.72. The van der Waals surface area contributed by atoms with Gasteiger partial charge in [-0.2, -0.15) is 4.98 Å². The van der Waals surface area contributed by atoms with Crippen LogP contribution in [0.1, 0.15) is 56.7 Å². The molecule has 1 aliphatic carbocycles. The fourth-order valence-electron chi connectivity index (χ4n) is 4.78. The Labute approximate surface area is 230 Å². The van der Waals surface area contributed by atoms with E-state index in [1.807, 2.05) is 52.8 Å². The van der Waals surface area contributed by atoms with Crippen molar-refractivity contribution >= 4 is 34.9 Å². The summed E-state index contributed by atoms with van der Waals surface area (Å²) in [6, 6.07) is 1.13. The lowest BCUT2D eigenvalue weighted by molar-refractivity contribution is -0.137. The van der Waals surface area contributed by atoms with Gasteiger partial charge in [-0.3, -0.25) is 9.59 Å². The van der Waals surface area contributed by atoms with Crippen LogP contribution in [0.15, 0.2) is 58.6 Å². The third-order valence-corrected chi connectivity index (χ3v) is 7.70. The van der Waals surface area contributed by atoms with Gasteiger partial charge in [0, 0.05) is 36.5 Å². The molecule has 0 bridgehead atoms. The van der Waals surface area contributed by atoms with Crippen molar-refractivity contribution in [1.82, 2.24) is 35.0 Å². The van der Waals surface area contributed by atoms with Crippen LogP contribution in [0.4, 0.5) is 5.82 Å². The van der Waals surface area contributed by atoms with Gasteiger partial charge in [0.25, 0.3) is 5.91 Å². The number of aromatic nitrogens is 5. The van der Waals surface area contributed by atoms with Crippen molar-refractivity contribution in [3.05, 3.63) is 71.3 Å². The van der Waals surface area contributed by atoms with Crippen LogP contribution in [-0.2, 0) is 16.6 Å². The molecule has 0 saturated carbocycles. The number of carbonyl (C=O) groups excluding carboxylic acids is 2. The van der Waals surface area contributed by atoms with E-state index in [1.165, 1.54) is 4.52 Å². The zero-order valence-corrected chi connectivity index (χ0v) is 23.2. The van der Waals surface area contributed by atoms with E-state index in [0.29, 0.717) is 29.5 Å². The molecule has 1 aliphatic heterocycles. The zero-order chi connectivity index (χ0) is 28.1. The van der Waals surface area contributed by atoms with Crippen molar-refractivity contribution in [2.24, 2.45) is 5.41 Å². The lowest BCUT2D eigenvalue weighted by Crippen LogP contribution is -2.54. The average Bonchev–Trinajstić information content (AvgIpc) is 3.49. The summed E-state index contributed by atoms with van der Waals surface area (Å²) in [5.74, 6) is 0.457. The summed E-state index contributed by atoms with van der Waals surface area (Å²) in [4.78, 5) is 37.8. The van der Waals surface area contributed by atoms with Crippen molar-refractivity contribution in [3.63, 3.8) is 0 Å². The third kappa shape index (κ3) is 4.60. The van der Waals surface area contributed by atoms with E-state index in [2.05, 4.69) is 25.5 Å². The van der Waals surface area contributed by atoms with Gasteiger partial charge in [-0.1, -0.05) is 44.2 Å².